The van der Waals surface area contributed by atoms with E-state index in [0.717, 1.165) is 18.7 Å². The van der Waals surface area contributed by atoms with Crippen molar-refractivity contribution >= 4 is 17.7 Å². The molecule has 0 radical (unpaired) electrons. The van der Waals surface area contributed by atoms with Gasteiger partial charge < -0.3 is 10.0 Å². The van der Waals surface area contributed by atoms with E-state index in [4.69, 9.17) is 5.11 Å². The molecule has 1 N–H and O–H groups in total. The van der Waals surface area contributed by atoms with Gasteiger partial charge in [0.05, 0.1) is 5.25 Å². The minimum Gasteiger partial charge on any atom is -0.396 e. The van der Waals surface area contributed by atoms with Gasteiger partial charge in [0.15, 0.2) is 0 Å². The van der Waals surface area contributed by atoms with E-state index in [1.54, 1.807) is 16.7 Å². The summed E-state index contributed by atoms with van der Waals surface area (Å²) in [6, 6.07) is 0. The van der Waals surface area contributed by atoms with Gasteiger partial charge in [0.2, 0.25) is 5.91 Å². The molecule has 76 valence electrons. The zero-order valence-corrected chi connectivity index (χ0v) is 9.01. The molecule has 2 unspecified atom stereocenters. The standard InChI is InChI=1S/C9H17NO2S/c1-7(5-11)6-13-8-3-4-10(2)9(8)12/h7-8,11H,3-6H2,1-2H3. The molecule has 1 saturated heterocycles. The monoisotopic (exact) mass is 203 g/mol. The van der Waals surface area contributed by atoms with Crippen molar-refractivity contribution in [1.29, 1.82) is 0 Å². The molecule has 1 fully saturated rings. The van der Waals surface area contributed by atoms with Gasteiger partial charge in [0.1, 0.15) is 0 Å². The van der Waals surface area contributed by atoms with Gasteiger partial charge in [0.25, 0.3) is 0 Å². The first kappa shape index (κ1) is 10.9. The van der Waals surface area contributed by atoms with Crippen molar-refractivity contribution in [3.63, 3.8) is 0 Å². The van der Waals surface area contributed by atoms with Crippen LogP contribution in [0.25, 0.3) is 0 Å². The van der Waals surface area contributed by atoms with Gasteiger partial charge in [0, 0.05) is 20.2 Å². The van der Waals surface area contributed by atoms with E-state index in [2.05, 4.69) is 0 Å². The number of aliphatic hydroxyl groups excluding tert-OH is 1. The Kier molecular flexibility index (Phi) is 4.06. The molecule has 4 heteroatoms. The lowest BCUT2D eigenvalue weighted by Crippen LogP contribution is -2.24. The van der Waals surface area contributed by atoms with Gasteiger partial charge >= 0.3 is 0 Å². The maximum Gasteiger partial charge on any atom is 0.235 e. The fraction of sp³-hybridized carbons (Fsp3) is 0.889. The van der Waals surface area contributed by atoms with E-state index in [1.807, 2.05) is 14.0 Å². The number of nitrogens with zero attached hydrogens (tertiary/aromatic N) is 1. The lowest BCUT2D eigenvalue weighted by Gasteiger charge is -2.12. The number of amides is 1. The predicted octanol–water partition coefficient (Wildman–Crippen LogP) is 0.579. The highest BCUT2D eigenvalue weighted by Crippen LogP contribution is 2.24. The highest BCUT2D eigenvalue weighted by Gasteiger charge is 2.29. The molecule has 0 saturated carbocycles. The molecule has 0 aliphatic carbocycles. The summed E-state index contributed by atoms with van der Waals surface area (Å²) in [6.07, 6.45) is 0.956. The van der Waals surface area contributed by atoms with Crippen LogP contribution in [0.3, 0.4) is 0 Å². The fourth-order valence-corrected chi connectivity index (χ4v) is 2.54. The Morgan fingerprint density at radius 3 is 2.92 bits per heavy atom. The Labute approximate surface area is 83.5 Å². The number of hydrogen-bond acceptors (Lipinski definition) is 3. The molecule has 1 heterocycles. The molecular formula is C9H17NO2S. The molecule has 1 aliphatic heterocycles. The molecule has 2 atom stereocenters. The van der Waals surface area contributed by atoms with Crippen molar-refractivity contribution in [3.05, 3.63) is 0 Å². The summed E-state index contributed by atoms with van der Waals surface area (Å²) in [5, 5.41) is 8.96. The molecule has 0 aromatic heterocycles. The van der Waals surface area contributed by atoms with Gasteiger partial charge in [-0.1, -0.05) is 6.92 Å². The van der Waals surface area contributed by atoms with Crippen LogP contribution in [0.1, 0.15) is 13.3 Å². The third-order valence-electron chi connectivity index (χ3n) is 2.27. The van der Waals surface area contributed by atoms with Crippen molar-refractivity contribution in [2.45, 2.75) is 18.6 Å². The maximum absolute atomic E-state index is 11.4. The van der Waals surface area contributed by atoms with Crippen LogP contribution >= 0.6 is 11.8 Å². The van der Waals surface area contributed by atoms with Crippen molar-refractivity contribution in [1.82, 2.24) is 4.90 Å². The van der Waals surface area contributed by atoms with Crippen LogP contribution in [-0.2, 0) is 4.79 Å². The zero-order valence-electron chi connectivity index (χ0n) is 8.19. The first-order valence-corrected chi connectivity index (χ1v) is 5.67. The van der Waals surface area contributed by atoms with Gasteiger partial charge in [-0.05, 0) is 18.1 Å². The van der Waals surface area contributed by atoms with Crippen LogP contribution in [0, 0.1) is 5.92 Å². The Morgan fingerprint density at radius 2 is 2.46 bits per heavy atom. The maximum atomic E-state index is 11.4. The van der Waals surface area contributed by atoms with Crippen LogP contribution in [0.15, 0.2) is 0 Å². The number of aliphatic hydroxyl groups is 1. The number of carbonyl (C=O) groups excluding carboxylic acids is 1. The third-order valence-corrected chi connectivity index (χ3v) is 3.87. The van der Waals surface area contributed by atoms with Crippen molar-refractivity contribution in [3.8, 4) is 0 Å². The Hall–Kier alpha value is -0.220. The highest BCUT2D eigenvalue weighted by atomic mass is 32.2. The fourth-order valence-electron chi connectivity index (χ4n) is 1.28. The minimum atomic E-state index is 0.138. The van der Waals surface area contributed by atoms with E-state index in [-0.39, 0.29) is 17.8 Å². The van der Waals surface area contributed by atoms with Crippen LogP contribution in [0.2, 0.25) is 0 Å². The number of rotatable bonds is 4. The molecule has 1 amide bonds. The topological polar surface area (TPSA) is 40.5 Å². The minimum absolute atomic E-state index is 0.138. The molecule has 3 nitrogen and oxygen atoms in total. The summed E-state index contributed by atoms with van der Waals surface area (Å²) in [7, 11) is 1.85. The smallest absolute Gasteiger partial charge is 0.235 e. The summed E-state index contributed by atoms with van der Waals surface area (Å²) in [6.45, 7) is 3.09. The SMILES string of the molecule is CC(CO)CSC1CCN(C)C1=O. The Bertz CT molecular complexity index is 186. The van der Waals surface area contributed by atoms with Gasteiger partial charge in [-0.25, -0.2) is 0 Å². The van der Waals surface area contributed by atoms with E-state index in [9.17, 15) is 4.79 Å². The second-order valence-corrected chi connectivity index (χ2v) is 4.89. The first-order valence-electron chi connectivity index (χ1n) is 4.62. The zero-order chi connectivity index (χ0) is 9.84. The lowest BCUT2D eigenvalue weighted by atomic mass is 10.2. The average molecular weight is 203 g/mol. The van der Waals surface area contributed by atoms with Gasteiger partial charge in [-0.3, -0.25) is 4.79 Å². The molecular weight excluding hydrogens is 186 g/mol. The predicted molar refractivity (Wildman–Crippen MR) is 54.7 cm³/mol. The molecule has 0 aromatic carbocycles. The summed E-state index contributed by atoms with van der Waals surface area (Å²) in [4.78, 5) is 13.2. The van der Waals surface area contributed by atoms with E-state index < -0.39 is 0 Å². The van der Waals surface area contributed by atoms with Gasteiger partial charge in [-0.15, -0.1) is 11.8 Å². The number of thioether (sulfide) groups is 1. The second-order valence-electron chi connectivity index (χ2n) is 3.66. The largest absolute Gasteiger partial charge is 0.396 e. The second kappa shape index (κ2) is 4.86. The van der Waals surface area contributed by atoms with E-state index >= 15 is 0 Å². The third kappa shape index (κ3) is 2.88. The number of likely N-dealkylation sites (tertiary alicyclic amines) is 1. The van der Waals surface area contributed by atoms with Crippen LogP contribution in [0.4, 0.5) is 0 Å². The summed E-state index contributed by atoms with van der Waals surface area (Å²) < 4.78 is 0. The summed E-state index contributed by atoms with van der Waals surface area (Å²) in [5.41, 5.74) is 0. The Balaban J connectivity index is 2.26. The van der Waals surface area contributed by atoms with Crippen LogP contribution in [0.5, 0.6) is 0 Å². The normalized spacial score (nSPS) is 25.3. The summed E-state index contributed by atoms with van der Waals surface area (Å²) in [5.74, 6) is 1.42. The average Bonchev–Trinajstić information content (AvgIpc) is 2.44. The molecule has 0 aromatic rings. The summed E-state index contributed by atoms with van der Waals surface area (Å²) >= 11 is 1.68. The number of hydrogen-bond donors (Lipinski definition) is 1. The number of carbonyl (C=O) groups is 1. The van der Waals surface area contributed by atoms with Gasteiger partial charge in [-0.2, -0.15) is 0 Å². The lowest BCUT2D eigenvalue weighted by molar-refractivity contribution is -0.126. The molecule has 13 heavy (non-hydrogen) atoms. The first-order chi connectivity index (χ1) is 6.15. The molecule has 1 rings (SSSR count). The highest BCUT2D eigenvalue weighted by molar-refractivity contribution is 8.00. The van der Waals surface area contributed by atoms with Crippen LogP contribution < -0.4 is 0 Å². The molecule has 0 bridgehead atoms. The quantitative estimate of drug-likeness (QED) is 0.726. The molecule has 0 spiro atoms. The van der Waals surface area contributed by atoms with Crippen molar-refractivity contribution < 1.29 is 9.90 Å². The van der Waals surface area contributed by atoms with Crippen molar-refractivity contribution in [2.75, 3.05) is 26.0 Å². The Morgan fingerprint density at radius 1 is 1.77 bits per heavy atom. The van der Waals surface area contributed by atoms with E-state index in [0.29, 0.717) is 5.92 Å². The van der Waals surface area contributed by atoms with Crippen molar-refractivity contribution in [2.24, 2.45) is 5.92 Å². The van der Waals surface area contributed by atoms with E-state index in [1.165, 1.54) is 0 Å². The molecule has 1 aliphatic rings. The van der Waals surface area contributed by atoms with Crippen LogP contribution in [-0.4, -0.2) is 47.1 Å².